The highest BCUT2D eigenvalue weighted by molar-refractivity contribution is 5.29. The van der Waals surface area contributed by atoms with Gasteiger partial charge in [0.1, 0.15) is 0 Å². The van der Waals surface area contributed by atoms with Gasteiger partial charge < -0.3 is 10.6 Å². The van der Waals surface area contributed by atoms with Crippen molar-refractivity contribution in [3.05, 3.63) is 17.5 Å². The first kappa shape index (κ1) is 11.0. The second-order valence-electron chi connectivity index (χ2n) is 5.42. The fourth-order valence-corrected chi connectivity index (χ4v) is 3.15. The zero-order chi connectivity index (χ0) is 11.8. The lowest BCUT2D eigenvalue weighted by Gasteiger charge is -2.29. The van der Waals surface area contributed by atoms with Crippen LogP contribution in [-0.4, -0.2) is 28.1 Å². The van der Waals surface area contributed by atoms with Crippen LogP contribution < -0.4 is 10.6 Å². The number of hydrogen-bond acceptors (Lipinski definition) is 4. The molecule has 17 heavy (non-hydrogen) atoms. The molecule has 0 spiro atoms. The summed E-state index contributed by atoms with van der Waals surface area (Å²) in [5, 5.41) is 7.15. The number of nitrogens with one attached hydrogen (secondary N) is 2. The molecular weight excluding hydrogens is 212 g/mol. The number of fused-ring (bicyclic) bond motifs is 2. The molecule has 2 N–H and O–H groups in total. The van der Waals surface area contributed by atoms with E-state index in [1.165, 1.54) is 25.7 Å². The SMILES string of the molecule is Cc1cc(C)nc(NC2CC3CCC(C2)N3)n1. The van der Waals surface area contributed by atoms with Crippen molar-refractivity contribution in [2.45, 2.75) is 57.7 Å². The first-order chi connectivity index (χ1) is 8.19. The Balaban J connectivity index is 1.70. The van der Waals surface area contributed by atoms with Crippen molar-refractivity contribution in [2.24, 2.45) is 0 Å². The van der Waals surface area contributed by atoms with Crippen molar-refractivity contribution in [1.82, 2.24) is 15.3 Å². The number of rotatable bonds is 2. The highest BCUT2D eigenvalue weighted by Crippen LogP contribution is 2.28. The molecule has 2 aliphatic heterocycles. The Labute approximate surface area is 102 Å². The molecule has 4 heteroatoms. The summed E-state index contributed by atoms with van der Waals surface area (Å²) < 4.78 is 0. The quantitative estimate of drug-likeness (QED) is 0.816. The third kappa shape index (κ3) is 2.41. The summed E-state index contributed by atoms with van der Waals surface area (Å²) >= 11 is 0. The average molecular weight is 232 g/mol. The van der Waals surface area contributed by atoms with E-state index in [0.29, 0.717) is 18.1 Å². The Kier molecular flexibility index (Phi) is 2.74. The molecule has 0 saturated carbocycles. The molecule has 2 fully saturated rings. The molecule has 0 aliphatic carbocycles. The standard InChI is InChI=1S/C13H20N4/c1-8-5-9(2)15-13(14-8)17-12-6-10-3-4-11(7-12)16-10/h5,10-12,16H,3-4,6-7H2,1-2H3,(H,14,15,17). The van der Waals surface area contributed by atoms with E-state index >= 15 is 0 Å². The molecule has 2 aliphatic rings. The van der Waals surface area contributed by atoms with Crippen LogP contribution in [0.5, 0.6) is 0 Å². The predicted octanol–water partition coefficient (Wildman–Crippen LogP) is 1.79. The molecular formula is C13H20N4. The lowest BCUT2D eigenvalue weighted by atomic mass is 10.0. The fourth-order valence-electron chi connectivity index (χ4n) is 3.15. The number of anilines is 1. The van der Waals surface area contributed by atoms with Crippen LogP contribution in [0.4, 0.5) is 5.95 Å². The molecule has 1 aromatic rings. The van der Waals surface area contributed by atoms with E-state index in [-0.39, 0.29) is 0 Å². The monoisotopic (exact) mass is 232 g/mol. The van der Waals surface area contributed by atoms with E-state index < -0.39 is 0 Å². The summed E-state index contributed by atoms with van der Waals surface area (Å²) in [6.45, 7) is 4.04. The number of hydrogen-bond donors (Lipinski definition) is 2. The largest absolute Gasteiger partial charge is 0.351 e. The Morgan fingerprint density at radius 2 is 1.71 bits per heavy atom. The van der Waals surface area contributed by atoms with Gasteiger partial charge in [-0.3, -0.25) is 0 Å². The van der Waals surface area contributed by atoms with Gasteiger partial charge in [0.25, 0.3) is 0 Å². The Morgan fingerprint density at radius 1 is 1.12 bits per heavy atom. The van der Waals surface area contributed by atoms with Gasteiger partial charge in [-0.1, -0.05) is 0 Å². The van der Waals surface area contributed by atoms with Crippen LogP contribution in [0.25, 0.3) is 0 Å². The third-order valence-corrected chi connectivity index (χ3v) is 3.79. The van der Waals surface area contributed by atoms with Gasteiger partial charge >= 0.3 is 0 Å². The average Bonchev–Trinajstić information content (AvgIpc) is 2.56. The van der Waals surface area contributed by atoms with Crippen LogP contribution in [0.15, 0.2) is 6.07 Å². The summed E-state index contributed by atoms with van der Waals surface area (Å²) in [6.07, 6.45) is 5.06. The molecule has 2 atom stereocenters. The van der Waals surface area contributed by atoms with Crippen molar-refractivity contribution in [3.63, 3.8) is 0 Å². The number of aromatic nitrogens is 2. The zero-order valence-corrected chi connectivity index (χ0v) is 10.5. The summed E-state index contributed by atoms with van der Waals surface area (Å²) in [4.78, 5) is 8.91. The molecule has 92 valence electrons. The van der Waals surface area contributed by atoms with Gasteiger partial charge in [-0.25, -0.2) is 9.97 Å². The topological polar surface area (TPSA) is 49.8 Å². The molecule has 3 heterocycles. The first-order valence-electron chi connectivity index (χ1n) is 6.54. The van der Waals surface area contributed by atoms with Gasteiger partial charge in [-0.15, -0.1) is 0 Å². The maximum atomic E-state index is 4.46. The lowest BCUT2D eigenvalue weighted by Crippen LogP contribution is -2.43. The summed E-state index contributed by atoms with van der Waals surface area (Å²) in [6, 6.07) is 3.96. The molecule has 2 saturated heterocycles. The van der Waals surface area contributed by atoms with Gasteiger partial charge in [0.15, 0.2) is 0 Å². The minimum Gasteiger partial charge on any atom is -0.351 e. The van der Waals surface area contributed by atoms with Crippen molar-refractivity contribution in [2.75, 3.05) is 5.32 Å². The molecule has 1 aromatic heterocycles. The maximum absolute atomic E-state index is 4.46. The molecule has 4 nitrogen and oxygen atoms in total. The molecule has 0 aromatic carbocycles. The zero-order valence-electron chi connectivity index (χ0n) is 10.5. The normalized spacial score (nSPS) is 31.5. The van der Waals surface area contributed by atoms with Gasteiger partial charge in [0.2, 0.25) is 5.95 Å². The number of piperidine rings is 1. The maximum Gasteiger partial charge on any atom is 0.223 e. The highest BCUT2D eigenvalue weighted by atomic mass is 15.1. The van der Waals surface area contributed by atoms with Crippen LogP contribution in [0.1, 0.15) is 37.1 Å². The van der Waals surface area contributed by atoms with E-state index in [2.05, 4.69) is 20.6 Å². The van der Waals surface area contributed by atoms with Crippen molar-refractivity contribution in [3.8, 4) is 0 Å². The van der Waals surface area contributed by atoms with E-state index in [1.807, 2.05) is 19.9 Å². The second-order valence-corrected chi connectivity index (χ2v) is 5.42. The lowest BCUT2D eigenvalue weighted by molar-refractivity contribution is 0.377. The van der Waals surface area contributed by atoms with E-state index in [4.69, 9.17) is 0 Å². The summed E-state index contributed by atoms with van der Waals surface area (Å²) in [7, 11) is 0. The molecule has 2 unspecified atom stereocenters. The smallest absolute Gasteiger partial charge is 0.223 e. The molecule has 0 amide bonds. The van der Waals surface area contributed by atoms with E-state index in [0.717, 1.165) is 17.3 Å². The first-order valence-corrected chi connectivity index (χ1v) is 6.54. The van der Waals surface area contributed by atoms with Gasteiger partial charge in [0.05, 0.1) is 0 Å². The van der Waals surface area contributed by atoms with Crippen LogP contribution in [-0.2, 0) is 0 Å². The number of nitrogens with zero attached hydrogens (tertiary/aromatic N) is 2. The highest BCUT2D eigenvalue weighted by Gasteiger charge is 2.33. The number of aryl methyl sites for hydroxylation is 2. The van der Waals surface area contributed by atoms with Crippen LogP contribution in [0.2, 0.25) is 0 Å². The molecule has 2 bridgehead atoms. The van der Waals surface area contributed by atoms with E-state index in [9.17, 15) is 0 Å². The minimum atomic E-state index is 0.537. The van der Waals surface area contributed by atoms with E-state index in [1.54, 1.807) is 0 Å². The van der Waals surface area contributed by atoms with Gasteiger partial charge in [-0.2, -0.15) is 0 Å². The van der Waals surface area contributed by atoms with Crippen LogP contribution in [0.3, 0.4) is 0 Å². The predicted molar refractivity (Wildman–Crippen MR) is 68.1 cm³/mol. The van der Waals surface area contributed by atoms with Gasteiger partial charge in [0, 0.05) is 29.5 Å². The van der Waals surface area contributed by atoms with Gasteiger partial charge in [-0.05, 0) is 45.6 Å². The van der Waals surface area contributed by atoms with Crippen molar-refractivity contribution < 1.29 is 0 Å². The Hall–Kier alpha value is -1.16. The Bertz CT molecular complexity index is 386. The van der Waals surface area contributed by atoms with Crippen LogP contribution in [0, 0.1) is 13.8 Å². The molecule has 0 radical (unpaired) electrons. The fraction of sp³-hybridized carbons (Fsp3) is 0.692. The third-order valence-electron chi connectivity index (χ3n) is 3.79. The summed E-state index contributed by atoms with van der Waals surface area (Å²) in [5.74, 6) is 0.800. The van der Waals surface area contributed by atoms with Crippen molar-refractivity contribution >= 4 is 5.95 Å². The second kappa shape index (κ2) is 4.26. The van der Waals surface area contributed by atoms with Crippen molar-refractivity contribution in [1.29, 1.82) is 0 Å². The minimum absolute atomic E-state index is 0.537. The summed E-state index contributed by atoms with van der Waals surface area (Å²) in [5.41, 5.74) is 2.08. The molecule has 3 rings (SSSR count). The van der Waals surface area contributed by atoms with Crippen LogP contribution >= 0.6 is 0 Å². The Morgan fingerprint density at radius 3 is 2.29 bits per heavy atom.